The molecule has 16 aromatic heterocycles. The van der Waals surface area contributed by atoms with E-state index in [2.05, 4.69) is 422 Å². The summed E-state index contributed by atoms with van der Waals surface area (Å²) in [5.41, 5.74) is 28.3. The van der Waals surface area contributed by atoms with Crippen molar-refractivity contribution in [3.63, 3.8) is 0 Å². The second-order valence-corrected chi connectivity index (χ2v) is 38.7. The average Bonchev–Trinajstić information content (AvgIpc) is 1.52. The summed E-state index contributed by atoms with van der Waals surface area (Å²) in [6.45, 7) is 7.66. The van der Waals surface area contributed by atoms with E-state index in [1.165, 1.54) is 206 Å². The second-order valence-electron chi connectivity index (χ2n) is 38.7. The number of benzene rings is 19. The van der Waals surface area contributed by atoms with Crippen molar-refractivity contribution in [3.05, 3.63) is 455 Å². The lowest BCUT2D eigenvalue weighted by molar-refractivity contribution is 1.01. The van der Waals surface area contributed by atoms with Crippen LogP contribution in [0.1, 0.15) is 0 Å². The highest BCUT2D eigenvalue weighted by Gasteiger charge is 2.32. The monoisotopic (exact) mass is 1860 g/mol. The van der Waals surface area contributed by atoms with Crippen LogP contribution in [0.25, 0.3) is 312 Å². The predicted molar refractivity (Wildman–Crippen MR) is 603 cm³/mol. The molecule has 0 bridgehead atoms. The minimum atomic E-state index is 0.544. The van der Waals surface area contributed by atoms with Crippen molar-refractivity contribution in [2.75, 3.05) is 0 Å². The molecule has 0 aliphatic heterocycles. The van der Waals surface area contributed by atoms with E-state index in [0.29, 0.717) is 17.3 Å². The predicted octanol–water partition coefficient (Wildman–Crippen LogP) is 33.2. The number of aromatic nitrogens is 14. The minimum Gasteiger partial charge on any atom is -0.308 e. The standard InChI is InChI=1S/C45H26N4.C44H25N5.C42H22N6/c1-2-14-29(15-3-1)47-37-20-10-7-17-31(37)42-40(47)25-46-26-41(42)49-39-23-28-13-5-4-12-27(28)22-33(39)35-24-34-30-16-6-9-19-36(30)48-38-21-11-8-18-32(38)43(44(34)48)45(35)49;1-2-10-27-22-39-33(21-26(27)9-1)35-23-34-30-12-4-7-15-37(30)48-38-16-8-5-13-32(38)42(43(34)48)44(35)49(39)41-18-17-28(24-46-41)47-36-14-6-3-11-29(36)31-19-20-45-25-40(31)47;1-43-27-13-8-12-26(20-27)38-30-16-9-19-44-41(30)46-42(45-38)48-36-22-25-11-3-2-10-24(25)21-31(36)33-23-32-28-14-4-6-17-34(28)47-35-18-7-5-15-29(35)37(39(32)47)40(33)48/h1-26H;1-25H;2-23H. The summed E-state index contributed by atoms with van der Waals surface area (Å²) in [5, 5.41) is 35.2. The summed E-state index contributed by atoms with van der Waals surface area (Å²) in [7, 11) is 0. The fourth-order valence-electron chi connectivity index (χ4n) is 25.4. The second kappa shape index (κ2) is 29.5. The van der Waals surface area contributed by atoms with Crippen molar-refractivity contribution in [1.82, 2.24) is 65.9 Å². The Morgan fingerprint density at radius 2 is 0.610 bits per heavy atom. The molecule has 0 saturated heterocycles. The molecular formula is C131H73N15. The molecule has 15 heteroatoms. The van der Waals surface area contributed by atoms with E-state index in [0.717, 1.165) is 88.8 Å². The zero-order valence-corrected chi connectivity index (χ0v) is 77.9. The molecule has 0 radical (unpaired) electrons. The first kappa shape index (κ1) is 78.7. The quantitative estimate of drug-likeness (QED) is 0.153. The van der Waals surface area contributed by atoms with Gasteiger partial charge in [-0.3, -0.25) is 19.1 Å². The maximum absolute atomic E-state index is 7.66. The van der Waals surface area contributed by atoms with Crippen molar-refractivity contribution in [3.8, 4) is 40.1 Å². The van der Waals surface area contributed by atoms with Crippen molar-refractivity contribution in [1.29, 1.82) is 0 Å². The van der Waals surface area contributed by atoms with E-state index in [9.17, 15) is 0 Å². The molecule has 35 rings (SSSR count). The van der Waals surface area contributed by atoms with Gasteiger partial charge in [-0.1, -0.05) is 255 Å². The molecule has 0 atom stereocenters. The van der Waals surface area contributed by atoms with Crippen LogP contribution in [0.3, 0.4) is 0 Å². The third-order valence-corrected chi connectivity index (χ3v) is 31.3. The van der Waals surface area contributed by atoms with Gasteiger partial charge in [0.25, 0.3) is 0 Å². The first-order valence-corrected chi connectivity index (χ1v) is 49.4. The maximum Gasteiger partial charge on any atom is 0.237 e. The van der Waals surface area contributed by atoms with Gasteiger partial charge in [-0.05, 0) is 190 Å². The van der Waals surface area contributed by atoms with Crippen LogP contribution in [-0.2, 0) is 0 Å². The Bertz CT molecular complexity index is 11900. The summed E-state index contributed by atoms with van der Waals surface area (Å²) in [4.78, 5) is 33.7. The van der Waals surface area contributed by atoms with Gasteiger partial charge in [-0.2, -0.15) is 4.98 Å². The van der Waals surface area contributed by atoms with Crippen molar-refractivity contribution < 1.29 is 0 Å². The van der Waals surface area contributed by atoms with Crippen LogP contribution in [-0.4, -0.2) is 65.9 Å². The van der Waals surface area contributed by atoms with E-state index in [1.807, 2.05) is 61.2 Å². The SMILES string of the molecule is [C-]#[N+]c1cccc(-c2nc(-n3c4cc5ccccc5cc4c4cc5c6ccccc6n6c7ccccc7c(c43)c56)nc3ncccc23)c1.c1ccc(-n2c3ccccc3c3c(-n4c5cc6ccccc6cc5c5cc6c7ccccc7n7c8ccccc8c(c54)c67)cncc32)cc1.c1ccc2cc3c(cc2c1)c1cc2c4ccccc4n4c5ccccc5c(c1n3-c1ccc(-n3c5ccccc5c5ccncc53)cn1)c24. The van der Waals surface area contributed by atoms with E-state index < -0.39 is 0 Å². The molecule has 0 aliphatic carbocycles. The van der Waals surface area contributed by atoms with E-state index in [1.54, 1.807) is 6.20 Å². The van der Waals surface area contributed by atoms with Crippen LogP contribution >= 0.6 is 0 Å². The van der Waals surface area contributed by atoms with Gasteiger partial charge >= 0.3 is 0 Å². The molecule has 0 N–H and O–H groups in total. The fourth-order valence-corrected chi connectivity index (χ4v) is 25.4. The topological polar surface area (TPSA) is 120 Å². The molecule has 672 valence electrons. The van der Waals surface area contributed by atoms with Gasteiger partial charge in [-0.15, -0.1) is 0 Å². The molecule has 35 aromatic rings. The van der Waals surface area contributed by atoms with Gasteiger partial charge in [0.2, 0.25) is 5.95 Å². The fraction of sp³-hybridized carbons (Fsp3) is 0. The molecule has 16 heterocycles. The normalized spacial score (nSPS) is 12.4. The van der Waals surface area contributed by atoms with Gasteiger partial charge < -0.3 is 26.9 Å². The van der Waals surface area contributed by atoms with Crippen molar-refractivity contribution in [2.45, 2.75) is 0 Å². The van der Waals surface area contributed by atoms with E-state index >= 15 is 0 Å². The van der Waals surface area contributed by atoms with Crippen LogP contribution in [0.15, 0.2) is 444 Å². The van der Waals surface area contributed by atoms with Crippen LogP contribution in [0.2, 0.25) is 0 Å². The van der Waals surface area contributed by atoms with E-state index in [4.69, 9.17) is 31.5 Å². The largest absolute Gasteiger partial charge is 0.308 e. The molecule has 0 saturated carbocycles. The van der Waals surface area contributed by atoms with Crippen molar-refractivity contribution in [2.24, 2.45) is 0 Å². The van der Waals surface area contributed by atoms with Gasteiger partial charge in [0.15, 0.2) is 11.3 Å². The number of hydrogen-bond acceptors (Lipinski definition) is 6. The highest BCUT2D eigenvalue weighted by Crippen LogP contribution is 2.54. The van der Waals surface area contributed by atoms with Gasteiger partial charge in [0.1, 0.15) is 5.82 Å². The number of pyridine rings is 4. The first-order valence-electron chi connectivity index (χ1n) is 49.4. The summed E-state index contributed by atoms with van der Waals surface area (Å²) in [6, 6.07) is 146. The molecule has 146 heavy (non-hydrogen) atoms. The third-order valence-electron chi connectivity index (χ3n) is 31.3. The lowest BCUT2D eigenvalue weighted by Crippen LogP contribution is -2.04. The molecule has 0 aliphatic rings. The Morgan fingerprint density at radius 1 is 0.212 bits per heavy atom. The Balaban J connectivity index is 0.0000000958. The Morgan fingerprint density at radius 3 is 1.12 bits per heavy atom. The number of rotatable bonds is 6. The highest BCUT2D eigenvalue weighted by atomic mass is 15.2. The Hall–Kier alpha value is -20.2. The number of para-hydroxylation sites is 9. The molecule has 19 aromatic carbocycles. The molecule has 0 spiro atoms. The summed E-state index contributed by atoms with van der Waals surface area (Å²) >= 11 is 0. The number of fused-ring (bicyclic) bond motifs is 40. The smallest absolute Gasteiger partial charge is 0.237 e. The Labute approximate surface area is 827 Å². The Kier molecular flexibility index (Phi) is 15.9. The number of nitrogens with zero attached hydrogens (tertiary/aromatic N) is 15. The zero-order valence-electron chi connectivity index (χ0n) is 77.9. The minimum absolute atomic E-state index is 0.544. The lowest BCUT2D eigenvalue weighted by atomic mass is 10.0. The van der Waals surface area contributed by atoms with Gasteiger partial charge in [0, 0.05) is 142 Å². The average molecular weight is 1860 g/mol. The molecule has 15 nitrogen and oxygen atoms in total. The van der Waals surface area contributed by atoms with Crippen LogP contribution in [0.5, 0.6) is 0 Å². The molecule has 0 amide bonds. The maximum atomic E-state index is 7.66. The van der Waals surface area contributed by atoms with Crippen molar-refractivity contribution >= 4 is 272 Å². The van der Waals surface area contributed by atoms with Crippen LogP contribution < -0.4 is 0 Å². The molecule has 0 unspecified atom stereocenters. The summed E-state index contributed by atoms with van der Waals surface area (Å²) in [6.07, 6.45) is 11.7. The van der Waals surface area contributed by atoms with E-state index in [-0.39, 0.29) is 0 Å². The zero-order chi connectivity index (χ0) is 95.1. The third kappa shape index (κ3) is 10.6. The summed E-state index contributed by atoms with van der Waals surface area (Å²) < 4.78 is 19.1. The molecule has 0 fully saturated rings. The van der Waals surface area contributed by atoms with Gasteiger partial charge in [-0.25, -0.2) is 19.8 Å². The number of hydrogen-bond donors (Lipinski definition) is 0. The van der Waals surface area contributed by atoms with Gasteiger partial charge in [0.05, 0.1) is 153 Å². The summed E-state index contributed by atoms with van der Waals surface area (Å²) in [5.74, 6) is 1.43. The lowest BCUT2D eigenvalue weighted by Gasteiger charge is -2.12. The molecular weight excluding hydrogens is 1780 g/mol. The van der Waals surface area contributed by atoms with Crippen LogP contribution in [0, 0.1) is 6.57 Å². The first-order chi connectivity index (χ1) is 72.4. The highest BCUT2D eigenvalue weighted by molar-refractivity contribution is 6.39. The van der Waals surface area contributed by atoms with Crippen LogP contribution in [0.4, 0.5) is 5.69 Å².